The zero-order chi connectivity index (χ0) is 17.3. The van der Waals surface area contributed by atoms with Crippen molar-refractivity contribution in [2.75, 3.05) is 0 Å². The van der Waals surface area contributed by atoms with Gasteiger partial charge in [-0.2, -0.15) is 4.99 Å². The van der Waals surface area contributed by atoms with Crippen LogP contribution in [-0.2, 0) is 6.54 Å². The summed E-state index contributed by atoms with van der Waals surface area (Å²) in [4.78, 5) is 28.6. The highest BCUT2D eigenvalue weighted by Crippen LogP contribution is 2.25. The monoisotopic (exact) mass is 358 g/mol. The minimum Gasteiger partial charge on any atom is -0.315 e. The van der Waals surface area contributed by atoms with Crippen LogP contribution in [0.5, 0.6) is 0 Å². The van der Waals surface area contributed by atoms with Crippen molar-refractivity contribution in [1.82, 2.24) is 4.57 Å². The summed E-state index contributed by atoms with van der Waals surface area (Å²) in [5, 5.41) is 0.644. The molecule has 3 rings (SSSR count). The Hall–Kier alpha value is -2.24. The molecule has 0 unspecified atom stereocenters. The van der Waals surface area contributed by atoms with Crippen molar-refractivity contribution in [3.63, 3.8) is 0 Å². The van der Waals surface area contributed by atoms with Crippen LogP contribution in [0.2, 0.25) is 5.02 Å². The summed E-state index contributed by atoms with van der Waals surface area (Å²) in [6.45, 7) is 4.14. The summed E-state index contributed by atoms with van der Waals surface area (Å²) in [7, 11) is 0. The van der Waals surface area contributed by atoms with Gasteiger partial charge in [-0.3, -0.25) is 9.59 Å². The zero-order valence-corrected chi connectivity index (χ0v) is 14.8. The van der Waals surface area contributed by atoms with E-state index in [0.717, 1.165) is 10.2 Å². The number of benzene rings is 2. The summed E-state index contributed by atoms with van der Waals surface area (Å²) in [5.74, 6) is -0.371. The first-order chi connectivity index (χ1) is 11.5. The van der Waals surface area contributed by atoms with Gasteiger partial charge in [-0.25, -0.2) is 0 Å². The highest BCUT2D eigenvalue weighted by atomic mass is 35.5. The second-order valence-corrected chi connectivity index (χ2v) is 6.68. The van der Waals surface area contributed by atoms with Gasteiger partial charge in [0.1, 0.15) is 0 Å². The SMILES string of the molecule is CCn1c(=NC(=O)c2ccc(C(C)=O)cc2)sc2cccc(Cl)c21. The third kappa shape index (κ3) is 3.05. The van der Waals surface area contributed by atoms with Crippen LogP contribution in [0.15, 0.2) is 47.5 Å². The molecule has 6 heteroatoms. The Labute approximate surface area is 148 Å². The van der Waals surface area contributed by atoms with Gasteiger partial charge >= 0.3 is 0 Å². The molecule has 0 saturated heterocycles. The Bertz CT molecular complexity index is 1000. The van der Waals surface area contributed by atoms with Crippen molar-refractivity contribution in [1.29, 1.82) is 0 Å². The predicted molar refractivity (Wildman–Crippen MR) is 96.8 cm³/mol. The maximum absolute atomic E-state index is 12.4. The van der Waals surface area contributed by atoms with Crippen molar-refractivity contribution in [3.05, 3.63) is 63.4 Å². The van der Waals surface area contributed by atoms with Crippen LogP contribution in [0.1, 0.15) is 34.6 Å². The van der Waals surface area contributed by atoms with Gasteiger partial charge in [-0.1, -0.05) is 41.1 Å². The number of hydrogen-bond donors (Lipinski definition) is 0. The maximum Gasteiger partial charge on any atom is 0.279 e. The van der Waals surface area contributed by atoms with Gasteiger partial charge in [0.2, 0.25) is 0 Å². The molecule has 0 aliphatic rings. The van der Waals surface area contributed by atoms with Gasteiger partial charge in [-0.05, 0) is 38.1 Å². The lowest BCUT2D eigenvalue weighted by molar-refractivity contribution is 0.0991. The van der Waals surface area contributed by atoms with E-state index in [2.05, 4.69) is 4.99 Å². The van der Waals surface area contributed by atoms with Gasteiger partial charge in [0.15, 0.2) is 10.6 Å². The molecule has 1 aromatic heterocycles. The van der Waals surface area contributed by atoms with E-state index in [4.69, 9.17) is 11.6 Å². The fourth-order valence-electron chi connectivity index (χ4n) is 2.46. The number of aromatic nitrogens is 1. The third-order valence-corrected chi connectivity index (χ3v) is 5.05. The highest BCUT2D eigenvalue weighted by molar-refractivity contribution is 7.16. The van der Waals surface area contributed by atoms with E-state index in [1.165, 1.54) is 18.3 Å². The zero-order valence-electron chi connectivity index (χ0n) is 13.2. The van der Waals surface area contributed by atoms with Crippen LogP contribution in [0, 0.1) is 0 Å². The summed E-state index contributed by atoms with van der Waals surface area (Å²) >= 11 is 7.71. The van der Waals surface area contributed by atoms with Gasteiger partial charge < -0.3 is 4.57 Å². The molecular weight excluding hydrogens is 344 g/mol. The molecule has 0 radical (unpaired) electrons. The minimum atomic E-state index is -0.338. The van der Waals surface area contributed by atoms with Crippen molar-refractivity contribution in [2.45, 2.75) is 20.4 Å². The normalized spacial score (nSPS) is 11.9. The number of fused-ring (bicyclic) bond motifs is 1. The third-order valence-electron chi connectivity index (χ3n) is 3.70. The van der Waals surface area contributed by atoms with E-state index in [1.54, 1.807) is 24.3 Å². The molecule has 122 valence electrons. The first-order valence-electron chi connectivity index (χ1n) is 7.49. The Morgan fingerprint density at radius 1 is 1.12 bits per heavy atom. The Morgan fingerprint density at radius 3 is 2.42 bits per heavy atom. The number of amides is 1. The standard InChI is InChI=1S/C18H15ClN2O2S/c1-3-21-16-14(19)5-4-6-15(16)24-18(21)20-17(23)13-9-7-12(8-10-13)11(2)22/h4-10H,3H2,1-2H3. The summed E-state index contributed by atoms with van der Waals surface area (Å²) in [6, 6.07) is 12.2. The molecule has 3 aromatic rings. The largest absolute Gasteiger partial charge is 0.315 e. The van der Waals surface area contributed by atoms with E-state index in [-0.39, 0.29) is 11.7 Å². The number of carbonyl (C=O) groups is 2. The fourth-order valence-corrected chi connectivity index (χ4v) is 3.92. The van der Waals surface area contributed by atoms with Crippen LogP contribution in [-0.4, -0.2) is 16.3 Å². The number of thiazole rings is 1. The molecule has 0 N–H and O–H groups in total. The lowest BCUT2D eigenvalue weighted by Crippen LogP contribution is -2.16. The Morgan fingerprint density at radius 2 is 1.79 bits per heavy atom. The number of carbonyl (C=O) groups excluding carboxylic acids is 2. The van der Waals surface area contributed by atoms with E-state index in [1.807, 2.05) is 29.7 Å². The van der Waals surface area contributed by atoms with E-state index in [0.29, 0.717) is 27.5 Å². The molecule has 0 atom stereocenters. The number of para-hydroxylation sites is 1. The smallest absolute Gasteiger partial charge is 0.279 e. The van der Waals surface area contributed by atoms with Crippen molar-refractivity contribution in [3.8, 4) is 0 Å². The lowest BCUT2D eigenvalue weighted by atomic mass is 10.1. The van der Waals surface area contributed by atoms with Crippen molar-refractivity contribution in [2.24, 2.45) is 4.99 Å². The predicted octanol–water partition coefficient (Wildman–Crippen LogP) is 4.32. The summed E-state index contributed by atoms with van der Waals surface area (Å²) < 4.78 is 2.92. The molecule has 4 nitrogen and oxygen atoms in total. The van der Waals surface area contributed by atoms with Crippen LogP contribution in [0.3, 0.4) is 0 Å². The molecule has 0 aliphatic carbocycles. The first kappa shape index (κ1) is 16.6. The van der Waals surface area contributed by atoms with Gasteiger partial charge in [0.25, 0.3) is 5.91 Å². The number of Topliss-reactive ketones (excluding diaryl/α,β-unsaturated/α-hetero) is 1. The molecule has 1 amide bonds. The van der Waals surface area contributed by atoms with Crippen LogP contribution >= 0.6 is 22.9 Å². The van der Waals surface area contributed by atoms with Crippen molar-refractivity contribution >= 4 is 44.8 Å². The quantitative estimate of drug-likeness (QED) is 0.655. The Balaban J connectivity index is 2.07. The Kier molecular flexibility index (Phi) is 4.64. The molecule has 1 heterocycles. The molecule has 0 bridgehead atoms. The maximum atomic E-state index is 12.4. The van der Waals surface area contributed by atoms with E-state index >= 15 is 0 Å². The van der Waals surface area contributed by atoms with Gasteiger partial charge in [0, 0.05) is 17.7 Å². The lowest BCUT2D eigenvalue weighted by Gasteiger charge is -2.02. The minimum absolute atomic E-state index is 0.0334. The summed E-state index contributed by atoms with van der Waals surface area (Å²) in [5.41, 5.74) is 1.92. The average Bonchev–Trinajstić information content (AvgIpc) is 2.93. The molecule has 2 aromatic carbocycles. The number of hydrogen-bond acceptors (Lipinski definition) is 3. The molecule has 0 aliphatic heterocycles. The number of nitrogens with zero attached hydrogens (tertiary/aromatic N) is 2. The molecule has 0 fully saturated rings. The van der Waals surface area contributed by atoms with Crippen LogP contribution in [0.25, 0.3) is 10.2 Å². The van der Waals surface area contributed by atoms with Gasteiger partial charge in [0.05, 0.1) is 15.2 Å². The second-order valence-electron chi connectivity index (χ2n) is 5.27. The highest BCUT2D eigenvalue weighted by Gasteiger charge is 2.11. The van der Waals surface area contributed by atoms with Gasteiger partial charge in [-0.15, -0.1) is 0 Å². The van der Waals surface area contributed by atoms with Crippen molar-refractivity contribution < 1.29 is 9.59 Å². The van der Waals surface area contributed by atoms with E-state index < -0.39 is 0 Å². The molecule has 0 saturated carbocycles. The van der Waals surface area contributed by atoms with Crippen LogP contribution in [0.4, 0.5) is 0 Å². The topological polar surface area (TPSA) is 51.4 Å². The molecule has 0 spiro atoms. The fraction of sp³-hybridized carbons (Fsp3) is 0.167. The van der Waals surface area contributed by atoms with Crippen LogP contribution < -0.4 is 4.80 Å². The number of ketones is 1. The molecular formula is C18H15ClN2O2S. The number of aryl methyl sites for hydroxylation is 1. The second kappa shape index (κ2) is 6.71. The number of halogens is 1. The first-order valence-corrected chi connectivity index (χ1v) is 8.68. The van der Waals surface area contributed by atoms with E-state index in [9.17, 15) is 9.59 Å². The molecule has 24 heavy (non-hydrogen) atoms. The average molecular weight is 359 g/mol. The summed E-state index contributed by atoms with van der Waals surface area (Å²) in [6.07, 6.45) is 0. The number of rotatable bonds is 3.